The van der Waals surface area contributed by atoms with E-state index in [9.17, 15) is 14.0 Å². The van der Waals surface area contributed by atoms with E-state index in [1.807, 2.05) is 60.7 Å². The summed E-state index contributed by atoms with van der Waals surface area (Å²) in [5.74, 6) is -0.398. The SMILES string of the molecule is O=C(COC(=O)CCc1ncc(-c2ccc(F)cc2)o1)NC(Cc1ccccc1)c1ccccc1. The second-order valence-electron chi connectivity index (χ2n) is 8.01. The number of hydrogen-bond donors (Lipinski definition) is 1. The van der Waals surface area contributed by atoms with Gasteiger partial charge in [-0.15, -0.1) is 0 Å². The first kappa shape index (κ1) is 23.9. The van der Waals surface area contributed by atoms with Gasteiger partial charge in [0, 0.05) is 12.0 Å². The molecule has 1 atom stereocenters. The van der Waals surface area contributed by atoms with Crippen LogP contribution in [0.3, 0.4) is 0 Å². The zero-order valence-corrected chi connectivity index (χ0v) is 19.0. The zero-order valence-electron chi connectivity index (χ0n) is 19.0. The van der Waals surface area contributed by atoms with Crippen LogP contribution in [-0.4, -0.2) is 23.5 Å². The van der Waals surface area contributed by atoms with Gasteiger partial charge in [-0.3, -0.25) is 9.59 Å². The van der Waals surface area contributed by atoms with Crippen LogP contribution in [0.15, 0.2) is 95.5 Å². The molecule has 1 unspecified atom stereocenters. The summed E-state index contributed by atoms with van der Waals surface area (Å²) in [5, 5.41) is 2.96. The molecule has 35 heavy (non-hydrogen) atoms. The first-order valence-electron chi connectivity index (χ1n) is 11.3. The van der Waals surface area contributed by atoms with Gasteiger partial charge in [-0.25, -0.2) is 9.37 Å². The van der Waals surface area contributed by atoms with Crippen LogP contribution < -0.4 is 5.32 Å². The van der Waals surface area contributed by atoms with Gasteiger partial charge in [0.05, 0.1) is 18.7 Å². The number of carbonyl (C=O) groups is 2. The van der Waals surface area contributed by atoms with Crippen molar-refractivity contribution in [1.29, 1.82) is 0 Å². The number of amides is 1. The molecule has 0 aliphatic carbocycles. The Balaban J connectivity index is 1.26. The van der Waals surface area contributed by atoms with E-state index >= 15 is 0 Å². The molecular weight excluding hydrogens is 447 g/mol. The molecule has 0 spiro atoms. The Kier molecular flexibility index (Phi) is 8.01. The standard InChI is InChI=1S/C28H25FN2O4/c29-23-13-11-22(12-14-23)25-18-30-27(35-25)15-16-28(33)34-19-26(32)31-24(21-9-5-2-6-10-21)17-20-7-3-1-4-8-20/h1-14,18,24H,15-17,19H2,(H,31,32). The Labute approximate surface area is 202 Å². The molecule has 178 valence electrons. The van der Waals surface area contributed by atoms with Crippen LogP contribution in [0, 0.1) is 5.82 Å². The molecule has 0 saturated carbocycles. The molecule has 3 aromatic carbocycles. The third-order valence-electron chi connectivity index (χ3n) is 5.41. The van der Waals surface area contributed by atoms with E-state index in [-0.39, 0.29) is 37.2 Å². The van der Waals surface area contributed by atoms with E-state index in [4.69, 9.17) is 9.15 Å². The smallest absolute Gasteiger partial charge is 0.306 e. The molecule has 0 radical (unpaired) electrons. The highest BCUT2D eigenvalue weighted by Gasteiger charge is 2.17. The summed E-state index contributed by atoms with van der Waals surface area (Å²) in [4.78, 5) is 28.9. The summed E-state index contributed by atoms with van der Waals surface area (Å²) in [6.07, 6.45) is 2.38. The predicted molar refractivity (Wildman–Crippen MR) is 129 cm³/mol. The summed E-state index contributed by atoms with van der Waals surface area (Å²) in [5.41, 5.74) is 2.74. The van der Waals surface area contributed by atoms with Gasteiger partial charge in [-0.2, -0.15) is 0 Å². The van der Waals surface area contributed by atoms with Crippen LogP contribution in [0.25, 0.3) is 11.3 Å². The molecule has 0 fully saturated rings. The molecule has 1 aromatic heterocycles. The number of nitrogens with one attached hydrogen (secondary N) is 1. The number of oxazole rings is 1. The minimum absolute atomic E-state index is 0.0166. The maximum Gasteiger partial charge on any atom is 0.306 e. The van der Waals surface area contributed by atoms with Crippen molar-refractivity contribution in [2.75, 3.05) is 6.61 Å². The second-order valence-corrected chi connectivity index (χ2v) is 8.01. The third kappa shape index (κ3) is 7.11. The molecule has 7 heteroatoms. The Morgan fingerprint density at radius 1 is 0.943 bits per heavy atom. The van der Waals surface area contributed by atoms with Crippen molar-refractivity contribution in [3.05, 3.63) is 114 Å². The largest absolute Gasteiger partial charge is 0.456 e. The topological polar surface area (TPSA) is 81.4 Å². The lowest BCUT2D eigenvalue weighted by Gasteiger charge is -2.19. The highest BCUT2D eigenvalue weighted by molar-refractivity contribution is 5.81. The molecule has 4 aromatic rings. The van der Waals surface area contributed by atoms with E-state index in [1.165, 1.54) is 18.3 Å². The van der Waals surface area contributed by atoms with E-state index in [1.54, 1.807) is 12.1 Å². The number of halogens is 1. The maximum absolute atomic E-state index is 13.1. The van der Waals surface area contributed by atoms with E-state index in [2.05, 4.69) is 10.3 Å². The first-order chi connectivity index (χ1) is 17.1. The Bertz CT molecular complexity index is 1240. The number of rotatable bonds is 10. The molecule has 1 amide bonds. The normalized spacial score (nSPS) is 11.6. The van der Waals surface area contributed by atoms with Crippen LogP contribution in [0.1, 0.15) is 29.5 Å². The molecule has 0 bridgehead atoms. The minimum Gasteiger partial charge on any atom is -0.456 e. The van der Waals surface area contributed by atoms with Gasteiger partial charge < -0.3 is 14.5 Å². The predicted octanol–water partition coefficient (Wildman–Crippen LogP) is 5.06. The number of esters is 1. The summed E-state index contributed by atoms with van der Waals surface area (Å²) in [6.45, 7) is -0.372. The lowest BCUT2D eigenvalue weighted by molar-refractivity contribution is -0.148. The van der Waals surface area contributed by atoms with Crippen LogP contribution in [0.2, 0.25) is 0 Å². The molecule has 0 aliphatic heterocycles. The number of aryl methyl sites for hydroxylation is 1. The van der Waals surface area contributed by atoms with Gasteiger partial charge in [-0.1, -0.05) is 60.7 Å². The van der Waals surface area contributed by atoms with Crippen LogP contribution in [0.4, 0.5) is 4.39 Å². The van der Waals surface area contributed by atoms with Crippen molar-refractivity contribution in [2.45, 2.75) is 25.3 Å². The van der Waals surface area contributed by atoms with E-state index in [0.717, 1.165) is 11.1 Å². The fraction of sp³-hybridized carbons (Fsp3) is 0.179. The van der Waals surface area contributed by atoms with Crippen LogP contribution in [0.5, 0.6) is 0 Å². The quantitative estimate of drug-likeness (QED) is 0.327. The maximum atomic E-state index is 13.1. The van der Waals surface area contributed by atoms with Gasteiger partial charge in [0.25, 0.3) is 5.91 Å². The Morgan fingerprint density at radius 3 is 2.34 bits per heavy atom. The Morgan fingerprint density at radius 2 is 1.63 bits per heavy atom. The van der Waals surface area contributed by atoms with Gasteiger partial charge in [0.15, 0.2) is 18.3 Å². The van der Waals surface area contributed by atoms with Crippen LogP contribution in [-0.2, 0) is 27.2 Å². The lowest BCUT2D eigenvalue weighted by atomic mass is 9.99. The fourth-order valence-electron chi connectivity index (χ4n) is 3.62. The molecule has 1 heterocycles. The average Bonchev–Trinajstić information content (AvgIpc) is 3.36. The summed E-state index contributed by atoms with van der Waals surface area (Å²) < 4.78 is 23.9. The van der Waals surface area contributed by atoms with Crippen molar-refractivity contribution in [2.24, 2.45) is 0 Å². The van der Waals surface area contributed by atoms with Gasteiger partial charge in [-0.05, 0) is 41.8 Å². The van der Waals surface area contributed by atoms with Crippen molar-refractivity contribution in [3.63, 3.8) is 0 Å². The van der Waals surface area contributed by atoms with E-state index in [0.29, 0.717) is 23.6 Å². The van der Waals surface area contributed by atoms with Crippen LogP contribution >= 0.6 is 0 Å². The van der Waals surface area contributed by atoms with Crippen molar-refractivity contribution in [3.8, 4) is 11.3 Å². The summed E-state index contributed by atoms with van der Waals surface area (Å²) >= 11 is 0. The highest BCUT2D eigenvalue weighted by Crippen LogP contribution is 2.21. The molecule has 0 aliphatic rings. The molecular formula is C28H25FN2O4. The van der Waals surface area contributed by atoms with E-state index < -0.39 is 5.97 Å². The number of aromatic nitrogens is 1. The zero-order chi connectivity index (χ0) is 24.5. The highest BCUT2D eigenvalue weighted by atomic mass is 19.1. The fourth-order valence-corrected chi connectivity index (χ4v) is 3.62. The summed E-state index contributed by atoms with van der Waals surface area (Å²) in [6, 6.07) is 25.1. The number of carbonyl (C=O) groups excluding carboxylic acids is 2. The van der Waals surface area contributed by atoms with Gasteiger partial charge in [0.1, 0.15) is 5.82 Å². The lowest BCUT2D eigenvalue weighted by Crippen LogP contribution is -2.33. The molecule has 6 nitrogen and oxygen atoms in total. The minimum atomic E-state index is -0.527. The number of hydrogen-bond acceptors (Lipinski definition) is 5. The molecule has 0 saturated heterocycles. The summed E-state index contributed by atoms with van der Waals surface area (Å²) in [7, 11) is 0. The molecule has 1 N–H and O–H groups in total. The second kappa shape index (κ2) is 11.7. The van der Waals surface area contributed by atoms with Crippen molar-refractivity contribution < 1.29 is 23.1 Å². The number of benzene rings is 3. The number of ether oxygens (including phenoxy) is 1. The first-order valence-corrected chi connectivity index (χ1v) is 11.3. The monoisotopic (exact) mass is 472 g/mol. The van der Waals surface area contributed by atoms with Crippen molar-refractivity contribution >= 4 is 11.9 Å². The Hall–Kier alpha value is -4.26. The number of nitrogens with zero attached hydrogens (tertiary/aromatic N) is 1. The third-order valence-corrected chi connectivity index (χ3v) is 5.41. The van der Waals surface area contributed by atoms with Gasteiger partial charge >= 0.3 is 5.97 Å². The van der Waals surface area contributed by atoms with Crippen molar-refractivity contribution in [1.82, 2.24) is 10.3 Å². The molecule has 4 rings (SSSR count). The average molecular weight is 473 g/mol. The van der Waals surface area contributed by atoms with Gasteiger partial charge in [0.2, 0.25) is 0 Å².